The van der Waals surface area contributed by atoms with Crippen LogP contribution in [-0.4, -0.2) is 10.1 Å². The van der Waals surface area contributed by atoms with E-state index in [0.29, 0.717) is 10.8 Å². The van der Waals surface area contributed by atoms with Crippen molar-refractivity contribution in [1.82, 2.24) is 4.98 Å². The molecule has 0 bridgehead atoms. The van der Waals surface area contributed by atoms with E-state index in [9.17, 15) is 5.11 Å². The molecule has 66 valence electrons. The summed E-state index contributed by atoms with van der Waals surface area (Å²) in [5, 5.41) is 10.1. The number of aryl methyl sites for hydroxylation is 1. The van der Waals surface area contributed by atoms with Gasteiger partial charge in [0.25, 0.3) is 0 Å². The van der Waals surface area contributed by atoms with E-state index in [1.54, 1.807) is 19.9 Å². The van der Waals surface area contributed by atoms with Crippen LogP contribution in [0.3, 0.4) is 0 Å². The van der Waals surface area contributed by atoms with Crippen molar-refractivity contribution < 1.29 is 5.11 Å². The highest BCUT2D eigenvalue weighted by Gasteiger charge is 2.20. The molecule has 1 N–H and O–H groups in total. The van der Waals surface area contributed by atoms with E-state index in [1.807, 2.05) is 13.0 Å². The second-order valence-electron chi connectivity index (χ2n) is 3.36. The van der Waals surface area contributed by atoms with Crippen molar-refractivity contribution in [2.24, 2.45) is 0 Å². The van der Waals surface area contributed by atoms with Crippen LogP contribution in [0.1, 0.15) is 25.1 Å². The molecule has 3 heteroatoms. The Morgan fingerprint density at radius 3 is 2.42 bits per heavy atom. The fraction of sp³-hybridized carbons (Fsp3) is 0.444. The van der Waals surface area contributed by atoms with Gasteiger partial charge in [0, 0.05) is 0 Å². The summed E-state index contributed by atoms with van der Waals surface area (Å²) < 4.78 is 0. The predicted molar refractivity (Wildman–Crippen MR) is 49.2 cm³/mol. The van der Waals surface area contributed by atoms with Gasteiger partial charge in [-0.15, -0.1) is 0 Å². The van der Waals surface area contributed by atoms with Gasteiger partial charge in [-0.05, 0) is 32.4 Å². The molecule has 0 aliphatic heterocycles. The molecule has 0 saturated carbocycles. The molecule has 12 heavy (non-hydrogen) atoms. The lowest BCUT2D eigenvalue weighted by molar-refractivity contribution is 0.0731. The van der Waals surface area contributed by atoms with Gasteiger partial charge in [-0.2, -0.15) is 0 Å². The quantitative estimate of drug-likeness (QED) is 0.681. The van der Waals surface area contributed by atoms with Gasteiger partial charge < -0.3 is 5.11 Å². The van der Waals surface area contributed by atoms with Crippen molar-refractivity contribution >= 4 is 11.6 Å². The van der Waals surface area contributed by atoms with Crippen molar-refractivity contribution in [3.8, 4) is 0 Å². The van der Waals surface area contributed by atoms with Gasteiger partial charge in [-0.25, -0.2) is 4.98 Å². The zero-order valence-electron chi connectivity index (χ0n) is 7.43. The molecule has 1 aromatic rings. The van der Waals surface area contributed by atoms with Crippen molar-refractivity contribution in [3.63, 3.8) is 0 Å². The van der Waals surface area contributed by atoms with Gasteiger partial charge in [0.2, 0.25) is 0 Å². The van der Waals surface area contributed by atoms with Crippen LogP contribution in [0.15, 0.2) is 12.1 Å². The van der Waals surface area contributed by atoms with Crippen LogP contribution >= 0.6 is 11.6 Å². The van der Waals surface area contributed by atoms with Crippen molar-refractivity contribution in [2.45, 2.75) is 26.4 Å². The summed E-state index contributed by atoms with van der Waals surface area (Å²) in [5.41, 5.74) is 0.663. The summed E-state index contributed by atoms with van der Waals surface area (Å²) in [6.45, 7) is 5.29. The Morgan fingerprint density at radius 1 is 1.42 bits per heavy atom. The molecule has 1 rings (SSSR count). The summed E-state index contributed by atoms with van der Waals surface area (Å²) in [4.78, 5) is 4.06. The van der Waals surface area contributed by atoms with Crippen LogP contribution in [0.25, 0.3) is 0 Å². The van der Waals surface area contributed by atoms with Gasteiger partial charge in [0.15, 0.2) is 0 Å². The number of aliphatic hydroxyl groups is 1. The largest absolute Gasteiger partial charge is 0.384 e. The summed E-state index contributed by atoms with van der Waals surface area (Å²) in [6, 6.07) is 3.56. The van der Waals surface area contributed by atoms with Crippen molar-refractivity contribution in [1.29, 1.82) is 0 Å². The Balaban J connectivity index is 3.23. The molecule has 2 nitrogen and oxygen atoms in total. The molecule has 0 aliphatic carbocycles. The Kier molecular flexibility index (Phi) is 2.40. The third kappa shape index (κ3) is 1.96. The molecule has 0 amide bonds. The van der Waals surface area contributed by atoms with Gasteiger partial charge in [-0.3, -0.25) is 0 Å². The minimum Gasteiger partial charge on any atom is -0.384 e. The van der Waals surface area contributed by atoms with E-state index >= 15 is 0 Å². The van der Waals surface area contributed by atoms with E-state index in [0.717, 1.165) is 5.56 Å². The third-order valence-electron chi connectivity index (χ3n) is 1.64. The van der Waals surface area contributed by atoms with Crippen LogP contribution in [-0.2, 0) is 5.60 Å². The maximum atomic E-state index is 9.67. The van der Waals surface area contributed by atoms with E-state index in [-0.39, 0.29) is 0 Å². The molecule has 0 radical (unpaired) electrons. The SMILES string of the molecule is Cc1ccc(Cl)nc1C(C)(C)O. The summed E-state index contributed by atoms with van der Waals surface area (Å²) in [6.07, 6.45) is 0. The van der Waals surface area contributed by atoms with E-state index in [1.165, 1.54) is 0 Å². The summed E-state index contributed by atoms with van der Waals surface area (Å²) >= 11 is 5.70. The normalized spacial score (nSPS) is 11.8. The highest BCUT2D eigenvalue weighted by atomic mass is 35.5. The summed E-state index contributed by atoms with van der Waals surface area (Å²) in [5.74, 6) is 0. The Morgan fingerprint density at radius 2 is 2.00 bits per heavy atom. The van der Waals surface area contributed by atoms with Crippen LogP contribution < -0.4 is 0 Å². The smallest absolute Gasteiger partial charge is 0.129 e. The predicted octanol–water partition coefficient (Wildman–Crippen LogP) is 2.27. The average molecular weight is 186 g/mol. The van der Waals surface area contributed by atoms with Crippen LogP contribution in [0.4, 0.5) is 0 Å². The standard InChI is InChI=1S/C9H12ClNO/c1-6-4-5-7(10)11-8(6)9(2,3)12/h4-5,12H,1-3H3. The van der Waals surface area contributed by atoms with Gasteiger partial charge >= 0.3 is 0 Å². The first-order chi connectivity index (χ1) is 5.41. The van der Waals surface area contributed by atoms with E-state index < -0.39 is 5.60 Å². The Hall–Kier alpha value is -0.600. The summed E-state index contributed by atoms with van der Waals surface area (Å²) in [7, 11) is 0. The fourth-order valence-electron chi connectivity index (χ4n) is 1.12. The van der Waals surface area contributed by atoms with Crippen LogP contribution in [0, 0.1) is 6.92 Å². The van der Waals surface area contributed by atoms with E-state index in [4.69, 9.17) is 11.6 Å². The average Bonchev–Trinajstić information content (AvgIpc) is 1.92. The lowest BCUT2D eigenvalue weighted by Gasteiger charge is -2.18. The molecule has 0 aliphatic rings. The minimum atomic E-state index is -0.922. The number of nitrogens with zero attached hydrogens (tertiary/aromatic N) is 1. The monoisotopic (exact) mass is 185 g/mol. The fourth-order valence-corrected chi connectivity index (χ4v) is 1.27. The molecule has 0 aromatic carbocycles. The lowest BCUT2D eigenvalue weighted by Crippen LogP contribution is -2.19. The van der Waals surface area contributed by atoms with Gasteiger partial charge in [0.1, 0.15) is 10.8 Å². The molecule has 0 unspecified atom stereocenters. The third-order valence-corrected chi connectivity index (χ3v) is 1.85. The first-order valence-corrected chi connectivity index (χ1v) is 4.15. The highest BCUT2D eigenvalue weighted by molar-refractivity contribution is 6.29. The first kappa shape index (κ1) is 9.49. The molecule has 1 heterocycles. The number of aromatic nitrogens is 1. The minimum absolute atomic E-state index is 0.415. The second-order valence-corrected chi connectivity index (χ2v) is 3.75. The van der Waals surface area contributed by atoms with Crippen LogP contribution in [0.2, 0.25) is 5.15 Å². The lowest BCUT2D eigenvalue weighted by atomic mass is 10.0. The number of halogens is 1. The zero-order valence-corrected chi connectivity index (χ0v) is 8.18. The maximum absolute atomic E-state index is 9.67. The number of hydrogen-bond acceptors (Lipinski definition) is 2. The number of hydrogen-bond donors (Lipinski definition) is 1. The Labute approximate surface area is 77.2 Å². The molecule has 0 saturated heterocycles. The molecular formula is C9H12ClNO. The molecule has 0 atom stereocenters. The van der Waals surface area contributed by atoms with Crippen molar-refractivity contribution in [2.75, 3.05) is 0 Å². The molecular weight excluding hydrogens is 174 g/mol. The first-order valence-electron chi connectivity index (χ1n) is 3.77. The molecule has 0 fully saturated rings. The van der Waals surface area contributed by atoms with Gasteiger partial charge in [-0.1, -0.05) is 17.7 Å². The van der Waals surface area contributed by atoms with Gasteiger partial charge in [0.05, 0.1) is 5.69 Å². The maximum Gasteiger partial charge on any atom is 0.129 e. The zero-order chi connectivity index (χ0) is 9.35. The van der Waals surface area contributed by atoms with Crippen LogP contribution in [0.5, 0.6) is 0 Å². The second kappa shape index (κ2) is 3.04. The topological polar surface area (TPSA) is 33.1 Å². The highest BCUT2D eigenvalue weighted by Crippen LogP contribution is 2.22. The van der Waals surface area contributed by atoms with Crippen molar-refractivity contribution in [3.05, 3.63) is 28.5 Å². The Bertz CT molecular complexity index is 291. The number of pyridine rings is 1. The molecule has 0 spiro atoms. The van der Waals surface area contributed by atoms with E-state index in [2.05, 4.69) is 4.98 Å². The number of rotatable bonds is 1. The molecule has 1 aromatic heterocycles.